The molecule has 214 valence electrons. The topological polar surface area (TPSA) is 86.7 Å². The third-order valence-corrected chi connectivity index (χ3v) is 7.86. The Morgan fingerprint density at radius 1 is 0.718 bits per heavy atom. The average Bonchev–Trinajstić information content (AvgIpc) is 2.93. The smallest absolute Gasteiger partial charge is 0.303 e. The van der Waals surface area contributed by atoms with Gasteiger partial charge >= 0.3 is 5.97 Å². The molecule has 0 spiro atoms. The molecule has 0 unspecified atom stereocenters. The predicted octanol–water partition coefficient (Wildman–Crippen LogP) is 8.58. The van der Waals surface area contributed by atoms with E-state index in [0.717, 1.165) is 42.3 Å². The minimum atomic E-state index is -0.788. The largest absolute Gasteiger partial charge is 0.481 e. The zero-order valence-electron chi connectivity index (χ0n) is 23.9. The first-order chi connectivity index (χ1) is 19.0. The van der Waals surface area contributed by atoms with Crippen LogP contribution in [0.5, 0.6) is 0 Å². The molecule has 0 fully saturated rings. The Bertz CT molecular complexity index is 1060. The second kappa shape index (κ2) is 16.9. The molecular weight excluding hydrogens is 488 g/mol. The molecule has 0 aliphatic carbocycles. The summed E-state index contributed by atoms with van der Waals surface area (Å²) in [5, 5.41) is 14.0. The first-order valence-corrected chi connectivity index (χ1v) is 15.4. The third-order valence-electron chi connectivity index (χ3n) is 7.86. The summed E-state index contributed by atoms with van der Waals surface area (Å²) in [6.45, 7) is 3.51. The Morgan fingerprint density at radius 2 is 1.28 bits per heavy atom. The lowest BCUT2D eigenvalue weighted by Gasteiger charge is -2.28. The lowest BCUT2D eigenvalue weighted by Crippen LogP contribution is -2.40. The maximum Gasteiger partial charge on any atom is 0.303 e. The van der Waals surface area contributed by atoms with Crippen molar-refractivity contribution in [1.82, 2.24) is 4.90 Å². The molecule has 0 bridgehead atoms. The number of nitrogens with zero attached hydrogens (tertiary/aromatic N) is 1. The van der Waals surface area contributed by atoms with Crippen molar-refractivity contribution in [1.29, 1.82) is 0 Å². The number of unbranched alkanes of at least 4 members (excludes halogenated alkanes) is 14. The zero-order chi connectivity index (χ0) is 27.9. The van der Waals surface area contributed by atoms with Gasteiger partial charge in [0.05, 0.1) is 0 Å². The summed E-state index contributed by atoms with van der Waals surface area (Å²) in [5.74, 6) is -1.26. The number of rotatable bonds is 21. The Labute approximate surface area is 234 Å². The van der Waals surface area contributed by atoms with Gasteiger partial charge in [0.15, 0.2) is 0 Å². The number of anilines is 1. The van der Waals surface area contributed by atoms with E-state index in [2.05, 4.69) is 12.2 Å². The highest BCUT2D eigenvalue weighted by Crippen LogP contribution is 2.34. The fraction of sp³-hybridized carbons (Fsp3) is 0.606. The number of hydrogen-bond acceptors (Lipinski definition) is 4. The molecule has 2 aromatic rings. The van der Waals surface area contributed by atoms with E-state index in [1.54, 1.807) is 0 Å². The van der Waals surface area contributed by atoms with E-state index >= 15 is 0 Å². The maximum absolute atomic E-state index is 13.2. The van der Waals surface area contributed by atoms with E-state index in [9.17, 15) is 14.4 Å². The van der Waals surface area contributed by atoms with Crippen LogP contribution in [0.15, 0.2) is 30.3 Å². The molecule has 0 atom stereocenters. The summed E-state index contributed by atoms with van der Waals surface area (Å²) < 4.78 is 0. The molecule has 0 saturated carbocycles. The van der Waals surface area contributed by atoms with Crippen molar-refractivity contribution < 1.29 is 19.5 Å². The van der Waals surface area contributed by atoms with Crippen molar-refractivity contribution in [2.45, 2.75) is 116 Å². The number of hydrogen-bond donors (Lipinski definition) is 2. The second-order valence-corrected chi connectivity index (χ2v) is 11.0. The van der Waals surface area contributed by atoms with Gasteiger partial charge in [0.1, 0.15) is 0 Å². The number of carboxylic acids is 1. The number of nitrogens with one attached hydrogen (secondary N) is 1. The Hall–Kier alpha value is -2.89. The van der Waals surface area contributed by atoms with E-state index < -0.39 is 5.97 Å². The van der Waals surface area contributed by atoms with E-state index in [-0.39, 0.29) is 18.2 Å². The number of amides is 2. The quantitative estimate of drug-likeness (QED) is 0.123. The molecule has 0 radical (unpaired) electrons. The molecule has 1 aliphatic heterocycles. The van der Waals surface area contributed by atoms with Crippen LogP contribution in [0.1, 0.15) is 137 Å². The highest BCUT2D eigenvalue weighted by atomic mass is 16.4. The summed E-state index contributed by atoms with van der Waals surface area (Å²) in [5.41, 5.74) is 2.15. The summed E-state index contributed by atoms with van der Waals surface area (Å²) in [6.07, 6.45) is 18.9. The van der Waals surface area contributed by atoms with Crippen LogP contribution < -0.4 is 5.32 Å². The standard InChI is InChI=1S/C33H48N2O4/c1-2-3-4-5-6-7-8-9-10-11-13-16-24-34-29-23-22-28-31-26(29)19-18-20-27(31)32(38)35(33(28)39)25-17-14-12-15-21-30(36)37/h18-20,22-23,34H,2-17,21,24-25H2,1H3,(H,36,37). The normalized spacial score (nSPS) is 12.9. The number of carboxylic acid groups (broad SMARTS) is 1. The summed E-state index contributed by atoms with van der Waals surface area (Å²) >= 11 is 0. The number of benzene rings is 2. The third kappa shape index (κ3) is 9.36. The van der Waals surface area contributed by atoms with Crippen LogP contribution in [0.25, 0.3) is 10.8 Å². The maximum atomic E-state index is 13.2. The van der Waals surface area contributed by atoms with Gasteiger partial charge in [-0.3, -0.25) is 19.3 Å². The number of carbonyl (C=O) groups excluding carboxylic acids is 2. The highest BCUT2D eigenvalue weighted by molar-refractivity contribution is 6.26. The van der Waals surface area contributed by atoms with Gasteiger partial charge in [-0.2, -0.15) is 0 Å². The van der Waals surface area contributed by atoms with E-state index in [1.807, 2.05) is 30.3 Å². The molecule has 6 nitrogen and oxygen atoms in total. The van der Waals surface area contributed by atoms with Gasteiger partial charge in [-0.05, 0) is 37.5 Å². The van der Waals surface area contributed by atoms with E-state index in [4.69, 9.17) is 5.11 Å². The highest BCUT2D eigenvalue weighted by Gasteiger charge is 2.32. The van der Waals surface area contributed by atoms with Crippen molar-refractivity contribution in [3.8, 4) is 0 Å². The van der Waals surface area contributed by atoms with Crippen molar-refractivity contribution in [2.24, 2.45) is 0 Å². The van der Waals surface area contributed by atoms with Gasteiger partial charge in [0.2, 0.25) is 0 Å². The summed E-state index contributed by atoms with van der Waals surface area (Å²) in [6, 6.07) is 9.53. The van der Waals surface area contributed by atoms with Crippen LogP contribution in [0.3, 0.4) is 0 Å². The fourth-order valence-corrected chi connectivity index (χ4v) is 5.59. The lowest BCUT2D eigenvalue weighted by molar-refractivity contribution is -0.137. The monoisotopic (exact) mass is 536 g/mol. The minimum absolute atomic E-state index is 0.159. The van der Waals surface area contributed by atoms with Crippen LogP contribution in [-0.2, 0) is 4.79 Å². The SMILES string of the molecule is CCCCCCCCCCCCCCNc1ccc2c3c(cccc13)C(=O)N(CCCCCCC(=O)O)C2=O. The summed E-state index contributed by atoms with van der Waals surface area (Å²) in [4.78, 5) is 38.5. The first-order valence-electron chi connectivity index (χ1n) is 15.4. The molecule has 1 heterocycles. The molecule has 3 rings (SSSR count). The fourth-order valence-electron chi connectivity index (χ4n) is 5.59. The zero-order valence-corrected chi connectivity index (χ0v) is 23.9. The Kier molecular flexibility index (Phi) is 13.3. The van der Waals surface area contributed by atoms with Gasteiger partial charge in [-0.25, -0.2) is 0 Å². The average molecular weight is 537 g/mol. The molecular formula is C33H48N2O4. The molecule has 6 heteroatoms. The van der Waals surface area contributed by atoms with Gasteiger partial charge in [-0.15, -0.1) is 0 Å². The molecule has 2 amide bonds. The number of imide groups is 1. The van der Waals surface area contributed by atoms with Gasteiger partial charge in [-0.1, -0.05) is 103 Å². The van der Waals surface area contributed by atoms with Gasteiger partial charge in [0, 0.05) is 47.1 Å². The molecule has 2 N–H and O–H groups in total. The Balaban J connectivity index is 1.43. The van der Waals surface area contributed by atoms with Gasteiger partial charge in [0.25, 0.3) is 11.8 Å². The summed E-state index contributed by atoms with van der Waals surface area (Å²) in [7, 11) is 0. The van der Waals surface area contributed by atoms with Gasteiger partial charge < -0.3 is 10.4 Å². The van der Waals surface area contributed by atoms with Crippen LogP contribution in [-0.4, -0.2) is 40.9 Å². The van der Waals surface area contributed by atoms with Crippen molar-refractivity contribution in [3.05, 3.63) is 41.5 Å². The predicted molar refractivity (Wildman–Crippen MR) is 160 cm³/mol. The van der Waals surface area contributed by atoms with Crippen LogP contribution in [0.4, 0.5) is 5.69 Å². The Morgan fingerprint density at radius 3 is 1.92 bits per heavy atom. The molecule has 0 aromatic heterocycles. The van der Waals surface area contributed by atoms with E-state index in [0.29, 0.717) is 30.5 Å². The number of carbonyl (C=O) groups is 3. The van der Waals surface area contributed by atoms with Crippen LogP contribution in [0, 0.1) is 0 Å². The molecule has 0 saturated heterocycles. The van der Waals surface area contributed by atoms with Crippen molar-refractivity contribution >= 4 is 34.2 Å². The van der Waals surface area contributed by atoms with Crippen molar-refractivity contribution in [2.75, 3.05) is 18.4 Å². The molecule has 39 heavy (non-hydrogen) atoms. The van der Waals surface area contributed by atoms with Crippen LogP contribution >= 0.6 is 0 Å². The van der Waals surface area contributed by atoms with Crippen LogP contribution in [0.2, 0.25) is 0 Å². The lowest BCUT2D eigenvalue weighted by atomic mass is 9.92. The second-order valence-electron chi connectivity index (χ2n) is 11.0. The van der Waals surface area contributed by atoms with Crippen molar-refractivity contribution in [3.63, 3.8) is 0 Å². The minimum Gasteiger partial charge on any atom is -0.481 e. The first kappa shape index (κ1) is 30.6. The molecule has 1 aliphatic rings. The van der Waals surface area contributed by atoms with E-state index in [1.165, 1.54) is 75.5 Å². The molecule has 2 aromatic carbocycles. The number of aliphatic carboxylic acids is 1.